The van der Waals surface area contributed by atoms with Gasteiger partial charge in [-0.05, 0) is 29.4 Å². The fourth-order valence-corrected chi connectivity index (χ4v) is 4.74. The molecule has 4 nitrogen and oxygen atoms in total. The molecule has 128 valence electrons. The minimum atomic E-state index is -3.04. The lowest BCUT2D eigenvalue weighted by atomic mass is 9.92. The van der Waals surface area contributed by atoms with E-state index in [0.29, 0.717) is 12.3 Å². The second-order valence-corrected chi connectivity index (χ2v) is 9.38. The van der Waals surface area contributed by atoms with Crippen molar-refractivity contribution in [1.29, 1.82) is 0 Å². The molecule has 0 unspecified atom stereocenters. The molecule has 23 heavy (non-hydrogen) atoms. The summed E-state index contributed by atoms with van der Waals surface area (Å²) in [6, 6.07) is 8.23. The maximum Gasteiger partial charge on any atom is 0.224 e. The van der Waals surface area contributed by atoms with Crippen LogP contribution in [0.5, 0.6) is 0 Å². The zero-order valence-corrected chi connectivity index (χ0v) is 15.2. The quantitative estimate of drug-likeness (QED) is 0.898. The fourth-order valence-electron chi connectivity index (χ4n) is 3.00. The molecule has 0 spiro atoms. The van der Waals surface area contributed by atoms with Crippen molar-refractivity contribution in [1.82, 2.24) is 5.32 Å². The van der Waals surface area contributed by atoms with E-state index >= 15 is 0 Å². The number of nitrogens with one attached hydrogen (secondary N) is 1. The van der Waals surface area contributed by atoms with Gasteiger partial charge in [-0.15, -0.1) is 0 Å². The second kappa shape index (κ2) is 7.04. The topological polar surface area (TPSA) is 63.2 Å². The number of rotatable bonds is 5. The van der Waals surface area contributed by atoms with E-state index in [1.807, 2.05) is 0 Å². The standard InChI is InChI=1S/C18H27NO3S/c1-12(2)14-5-7-15(8-6-14)17(13(3)4)19-18(20)16-9-10-23(21,22)11-16/h5-8,12-13,16-17H,9-11H2,1-4H3,(H,19,20)/t16-,17-/m0/s1. The van der Waals surface area contributed by atoms with Crippen LogP contribution in [-0.2, 0) is 14.6 Å². The number of hydrogen-bond donors (Lipinski definition) is 1. The van der Waals surface area contributed by atoms with Crippen LogP contribution < -0.4 is 5.32 Å². The Morgan fingerprint density at radius 1 is 1.09 bits per heavy atom. The Labute approximate surface area is 139 Å². The first-order chi connectivity index (χ1) is 10.7. The van der Waals surface area contributed by atoms with Gasteiger partial charge in [0.1, 0.15) is 0 Å². The third-order valence-electron chi connectivity index (χ3n) is 4.53. The number of sulfone groups is 1. The Hall–Kier alpha value is -1.36. The fraction of sp³-hybridized carbons (Fsp3) is 0.611. The van der Waals surface area contributed by atoms with Crippen LogP contribution in [0, 0.1) is 11.8 Å². The molecule has 5 heteroatoms. The van der Waals surface area contributed by atoms with Gasteiger partial charge in [-0.1, -0.05) is 52.0 Å². The van der Waals surface area contributed by atoms with Crippen LogP contribution in [0.15, 0.2) is 24.3 Å². The smallest absolute Gasteiger partial charge is 0.224 e. The molecule has 1 aliphatic rings. The zero-order chi connectivity index (χ0) is 17.2. The summed E-state index contributed by atoms with van der Waals surface area (Å²) in [5, 5.41) is 3.06. The Morgan fingerprint density at radius 2 is 1.65 bits per heavy atom. The highest BCUT2D eigenvalue weighted by atomic mass is 32.2. The maximum atomic E-state index is 12.4. The van der Waals surface area contributed by atoms with Crippen molar-refractivity contribution in [3.8, 4) is 0 Å². The van der Waals surface area contributed by atoms with Gasteiger partial charge in [0.25, 0.3) is 0 Å². The van der Waals surface area contributed by atoms with Crippen molar-refractivity contribution in [2.75, 3.05) is 11.5 Å². The summed E-state index contributed by atoms with van der Waals surface area (Å²) in [7, 11) is -3.04. The van der Waals surface area contributed by atoms with Gasteiger partial charge in [0.05, 0.1) is 23.5 Å². The van der Waals surface area contributed by atoms with Crippen LogP contribution >= 0.6 is 0 Å². The molecule has 1 aliphatic heterocycles. The molecule has 1 heterocycles. The molecule has 1 fully saturated rings. The largest absolute Gasteiger partial charge is 0.349 e. The van der Waals surface area contributed by atoms with E-state index in [9.17, 15) is 13.2 Å². The summed E-state index contributed by atoms with van der Waals surface area (Å²) in [6.07, 6.45) is 0.436. The molecule has 0 radical (unpaired) electrons. The van der Waals surface area contributed by atoms with Crippen molar-refractivity contribution in [2.24, 2.45) is 11.8 Å². The van der Waals surface area contributed by atoms with Crippen LogP contribution in [0.3, 0.4) is 0 Å². The molecular weight excluding hydrogens is 310 g/mol. The molecule has 1 saturated heterocycles. The normalized spacial score (nSPS) is 21.6. The number of benzene rings is 1. The Morgan fingerprint density at radius 3 is 2.09 bits per heavy atom. The highest BCUT2D eigenvalue weighted by Gasteiger charge is 2.34. The van der Waals surface area contributed by atoms with Crippen LogP contribution in [0.4, 0.5) is 0 Å². The average molecular weight is 337 g/mol. The van der Waals surface area contributed by atoms with Gasteiger partial charge >= 0.3 is 0 Å². The van der Waals surface area contributed by atoms with E-state index in [1.54, 1.807) is 0 Å². The lowest BCUT2D eigenvalue weighted by molar-refractivity contribution is -0.125. The van der Waals surface area contributed by atoms with E-state index in [2.05, 4.69) is 57.3 Å². The Balaban J connectivity index is 2.11. The van der Waals surface area contributed by atoms with Crippen LogP contribution in [0.25, 0.3) is 0 Å². The van der Waals surface area contributed by atoms with Gasteiger partial charge in [0.2, 0.25) is 5.91 Å². The Kier molecular flexibility index (Phi) is 5.50. The van der Waals surface area contributed by atoms with E-state index in [4.69, 9.17) is 0 Å². The lowest BCUT2D eigenvalue weighted by Gasteiger charge is -2.25. The molecule has 1 aromatic carbocycles. The summed E-state index contributed by atoms with van der Waals surface area (Å²) < 4.78 is 23.1. The molecule has 1 N–H and O–H groups in total. The molecule has 0 saturated carbocycles. The van der Waals surface area contributed by atoms with Crippen LogP contribution in [-0.4, -0.2) is 25.8 Å². The number of carbonyl (C=O) groups is 1. The van der Waals surface area contributed by atoms with Crippen molar-refractivity contribution in [3.05, 3.63) is 35.4 Å². The van der Waals surface area contributed by atoms with Crippen molar-refractivity contribution in [3.63, 3.8) is 0 Å². The summed E-state index contributed by atoms with van der Waals surface area (Å²) in [5.74, 6) is 0.270. The predicted octanol–water partition coefficient (Wildman–Crippen LogP) is 3.06. The molecule has 1 amide bonds. The van der Waals surface area contributed by atoms with E-state index in [-0.39, 0.29) is 29.4 Å². The third kappa shape index (κ3) is 4.56. The van der Waals surface area contributed by atoms with Gasteiger partial charge in [-0.3, -0.25) is 4.79 Å². The molecule has 1 aromatic rings. The molecule has 0 aromatic heterocycles. The van der Waals surface area contributed by atoms with Crippen molar-refractivity contribution < 1.29 is 13.2 Å². The van der Waals surface area contributed by atoms with Crippen molar-refractivity contribution >= 4 is 15.7 Å². The first-order valence-electron chi connectivity index (χ1n) is 8.30. The third-order valence-corrected chi connectivity index (χ3v) is 6.30. The molecule has 0 aliphatic carbocycles. The van der Waals surface area contributed by atoms with Crippen LogP contribution in [0.1, 0.15) is 57.2 Å². The summed E-state index contributed by atoms with van der Waals surface area (Å²) in [5.41, 5.74) is 2.34. The first kappa shape index (κ1) is 18.0. The molecule has 2 atom stereocenters. The predicted molar refractivity (Wildman–Crippen MR) is 93.0 cm³/mol. The number of amides is 1. The maximum absolute atomic E-state index is 12.4. The van der Waals surface area contributed by atoms with Gasteiger partial charge in [0.15, 0.2) is 9.84 Å². The minimum Gasteiger partial charge on any atom is -0.349 e. The van der Waals surface area contributed by atoms with Gasteiger partial charge in [-0.2, -0.15) is 0 Å². The highest BCUT2D eigenvalue weighted by Crippen LogP contribution is 2.26. The van der Waals surface area contributed by atoms with Crippen LogP contribution in [0.2, 0.25) is 0 Å². The first-order valence-corrected chi connectivity index (χ1v) is 10.1. The minimum absolute atomic E-state index is 0.0179. The van der Waals surface area contributed by atoms with Gasteiger partial charge < -0.3 is 5.32 Å². The highest BCUT2D eigenvalue weighted by molar-refractivity contribution is 7.91. The molecular formula is C18H27NO3S. The summed E-state index contributed by atoms with van der Waals surface area (Å²) in [6.45, 7) is 8.42. The molecule has 2 rings (SSSR count). The Bertz CT molecular complexity index is 647. The molecule has 0 bridgehead atoms. The van der Waals surface area contributed by atoms with Crippen molar-refractivity contribution in [2.45, 2.75) is 46.1 Å². The summed E-state index contributed by atoms with van der Waals surface area (Å²) >= 11 is 0. The number of hydrogen-bond acceptors (Lipinski definition) is 3. The zero-order valence-electron chi connectivity index (χ0n) is 14.4. The average Bonchev–Trinajstić information content (AvgIpc) is 2.84. The van der Waals surface area contributed by atoms with E-state index < -0.39 is 15.8 Å². The lowest BCUT2D eigenvalue weighted by Crippen LogP contribution is -2.36. The second-order valence-electron chi connectivity index (χ2n) is 7.15. The monoisotopic (exact) mass is 337 g/mol. The van der Waals surface area contributed by atoms with E-state index in [0.717, 1.165) is 5.56 Å². The SMILES string of the molecule is CC(C)c1ccc([C@@H](NC(=O)[C@H]2CCS(=O)(=O)C2)C(C)C)cc1. The number of carbonyl (C=O) groups excluding carboxylic acids is 1. The van der Waals surface area contributed by atoms with Gasteiger partial charge in [0, 0.05) is 0 Å². The van der Waals surface area contributed by atoms with Gasteiger partial charge in [-0.25, -0.2) is 8.42 Å². The van der Waals surface area contributed by atoms with E-state index in [1.165, 1.54) is 5.56 Å². The summed E-state index contributed by atoms with van der Waals surface area (Å²) in [4.78, 5) is 12.4.